The van der Waals surface area contributed by atoms with E-state index in [4.69, 9.17) is 0 Å². The number of hydrogen-bond donors (Lipinski definition) is 1. The fourth-order valence-electron chi connectivity index (χ4n) is 2.22. The average molecular weight is 247 g/mol. The Morgan fingerprint density at radius 1 is 1.33 bits per heavy atom. The van der Waals surface area contributed by atoms with Gasteiger partial charge in [0.1, 0.15) is 11.9 Å². The summed E-state index contributed by atoms with van der Waals surface area (Å²) in [5, 5.41) is 3.16. The van der Waals surface area contributed by atoms with E-state index in [-0.39, 0.29) is 11.9 Å². The van der Waals surface area contributed by atoms with Crippen molar-refractivity contribution < 1.29 is 4.79 Å². The van der Waals surface area contributed by atoms with Gasteiger partial charge in [-0.2, -0.15) is 0 Å². The lowest BCUT2D eigenvalue weighted by molar-refractivity contribution is -0.132. The number of carbonyl (C=O) groups is 1. The van der Waals surface area contributed by atoms with Crippen LogP contribution in [-0.4, -0.2) is 34.9 Å². The minimum atomic E-state index is -0.210. The molecule has 0 saturated carbocycles. The van der Waals surface area contributed by atoms with Gasteiger partial charge in [0, 0.05) is 19.3 Å². The summed E-state index contributed by atoms with van der Waals surface area (Å²) in [6.07, 6.45) is 5.30. The first-order chi connectivity index (χ1) is 8.66. The van der Waals surface area contributed by atoms with E-state index in [1.807, 2.05) is 30.9 Å². The van der Waals surface area contributed by atoms with Crippen LogP contribution in [0.15, 0.2) is 18.3 Å². The van der Waals surface area contributed by atoms with Gasteiger partial charge >= 0.3 is 0 Å². The molecular formula is C14H21N3O. The molecule has 0 aromatic carbocycles. The fraction of sp³-hybridized carbons (Fsp3) is 0.571. The second-order valence-electron chi connectivity index (χ2n) is 4.97. The number of amides is 1. The van der Waals surface area contributed by atoms with Crippen LogP contribution in [0.5, 0.6) is 0 Å². The lowest BCUT2D eigenvalue weighted by atomic mass is 10.1. The molecule has 1 N–H and O–H groups in total. The Bertz CT molecular complexity index is 396. The van der Waals surface area contributed by atoms with Gasteiger partial charge in [-0.15, -0.1) is 0 Å². The number of nitrogens with zero attached hydrogens (tertiary/aromatic N) is 2. The molecule has 2 heterocycles. The molecular weight excluding hydrogens is 226 g/mol. The highest BCUT2D eigenvalue weighted by molar-refractivity contribution is 5.84. The van der Waals surface area contributed by atoms with E-state index in [0.717, 1.165) is 37.3 Å². The Hall–Kier alpha value is -1.58. The maximum Gasteiger partial charge on any atom is 0.244 e. The van der Waals surface area contributed by atoms with Crippen molar-refractivity contribution >= 4 is 11.7 Å². The summed E-state index contributed by atoms with van der Waals surface area (Å²) in [4.78, 5) is 18.4. The van der Waals surface area contributed by atoms with Crippen LogP contribution in [0, 0.1) is 6.92 Å². The van der Waals surface area contributed by atoms with Gasteiger partial charge in [-0.3, -0.25) is 4.79 Å². The number of rotatable bonds is 3. The summed E-state index contributed by atoms with van der Waals surface area (Å²) >= 11 is 0. The van der Waals surface area contributed by atoms with Gasteiger partial charge in [0.05, 0.1) is 0 Å². The first-order valence-electron chi connectivity index (χ1n) is 6.65. The van der Waals surface area contributed by atoms with Gasteiger partial charge in [0.25, 0.3) is 0 Å². The number of piperidine rings is 1. The quantitative estimate of drug-likeness (QED) is 0.890. The van der Waals surface area contributed by atoms with Gasteiger partial charge in [0.2, 0.25) is 5.91 Å². The summed E-state index contributed by atoms with van der Waals surface area (Å²) in [6, 6.07) is 3.70. The molecule has 0 spiro atoms. The second kappa shape index (κ2) is 5.85. The molecule has 1 aromatic heterocycles. The Kier molecular flexibility index (Phi) is 4.18. The SMILES string of the molecule is Cc1ccc(NC(C)C(=O)N2CCCCC2)nc1. The van der Waals surface area contributed by atoms with Crippen LogP contribution in [0.1, 0.15) is 31.7 Å². The van der Waals surface area contributed by atoms with Gasteiger partial charge in [-0.25, -0.2) is 4.98 Å². The number of aryl methyl sites for hydroxylation is 1. The van der Waals surface area contributed by atoms with Crippen LogP contribution in [-0.2, 0) is 4.79 Å². The van der Waals surface area contributed by atoms with E-state index >= 15 is 0 Å². The van der Waals surface area contributed by atoms with Crippen molar-refractivity contribution in [2.45, 2.75) is 39.2 Å². The van der Waals surface area contributed by atoms with E-state index in [9.17, 15) is 4.79 Å². The van der Waals surface area contributed by atoms with Crippen molar-refractivity contribution in [2.24, 2.45) is 0 Å². The Balaban J connectivity index is 1.92. The maximum atomic E-state index is 12.2. The van der Waals surface area contributed by atoms with Crippen molar-refractivity contribution in [2.75, 3.05) is 18.4 Å². The van der Waals surface area contributed by atoms with E-state index in [1.165, 1.54) is 6.42 Å². The number of aromatic nitrogens is 1. The average Bonchev–Trinajstić information content (AvgIpc) is 2.41. The van der Waals surface area contributed by atoms with Crippen molar-refractivity contribution in [3.63, 3.8) is 0 Å². The summed E-state index contributed by atoms with van der Waals surface area (Å²) < 4.78 is 0. The number of pyridine rings is 1. The standard InChI is InChI=1S/C14H21N3O/c1-11-6-7-13(15-10-11)16-12(2)14(18)17-8-4-3-5-9-17/h6-7,10,12H,3-5,8-9H2,1-2H3,(H,15,16). The minimum Gasteiger partial charge on any atom is -0.359 e. The molecule has 4 nitrogen and oxygen atoms in total. The van der Waals surface area contributed by atoms with Gasteiger partial charge in [-0.05, 0) is 44.7 Å². The van der Waals surface area contributed by atoms with Crippen molar-refractivity contribution in [1.82, 2.24) is 9.88 Å². The van der Waals surface area contributed by atoms with Gasteiger partial charge < -0.3 is 10.2 Å². The highest BCUT2D eigenvalue weighted by atomic mass is 16.2. The summed E-state index contributed by atoms with van der Waals surface area (Å²) in [5.74, 6) is 0.940. The normalized spacial score (nSPS) is 17.3. The van der Waals surface area contributed by atoms with E-state index < -0.39 is 0 Å². The Morgan fingerprint density at radius 2 is 2.06 bits per heavy atom. The van der Waals surface area contributed by atoms with E-state index in [2.05, 4.69) is 10.3 Å². The third-order valence-electron chi connectivity index (χ3n) is 3.31. The molecule has 1 atom stereocenters. The predicted octanol–water partition coefficient (Wildman–Crippen LogP) is 2.20. The minimum absolute atomic E-state index is 0.178. The monoisotopic (exact) mass is 247 g/mol. The lowest BCUT2D eigenvalue weighted by Gasteiger charge is -2.29. The molecule has 1 saturated heterocycles. The molecule has 1 unspecified atom stereocenters. The van der Waals surface area contributed by atoms with Gasteiger partial charge in [-0.1, -0.05) is 6.07 Å². The Labute approximate surface area is 108 Å². The number of carbonyl (C=O) groups excluding carboxylic acids is 1. The van der Waals surface area contributed by atoms with Crippen LogP contribution in [0.3, 0.4) is 0 Å². The largest absolute Gasteiger partial charge is 0.359 e. The first-order valence-corrected chi connectivity index (χ1v) is 6.65. The molecule has 98 valence electrons. The zero-order chi connectivity index (χ0) is 13.0. The van der Waals surface area contributed by atoms with Crippen molar-refractivity contribution in [3.05, 3.63) is 23.9 Å². The summed E-state index contributed by atoms with van der Waals surface area (Å²) in [5.41, 5.74) is 1.12. The highest BCUT2D eigenvalue weighted by Crippen LogP contribution is 2.12. The zero-order valence-corrected chi connectivity index (χ0v) is 11.1. The Morgan fingerprint density at radius 3 is 2.67 bits per heavy atom. The molecule has 0 bridgehead atoms. The predicted molar refractivity (Wildman–Crippen MR) is 72.5 cm³/mol. The third kappa shape index (κ3) is 3.22. The molecule has 0 radical (unpaired) electrons. The smallest absolute Gasteiger partial charge is 0.244 e. The molecule has 4 heteroatoms. The molecule has 0 aliphatic carbocycles. The van der Waals surface area contributed by atoms with Crippen LogP contribution in [0.4, 0.5) is 5.82 Å². The molecule has 1 aliphatic heterocycles. The fourth-order valence-corrected chi connectivity index (χ4v) is 2.22. The molecule has 1 aliphatic rings. The highest BCUT2D eigenvalue weighted by Gasteiger charge is 2.21. The van der Waals surface area contributed by atoms with E-state index in [1.54, 1.807) is 6.20 Å². The number of anilines is 1. The summed E-state index contributed by atoms with van der Waals surface area (Å²) in [6.45, 7) is 5.69. The first kappa shape index (κ1) is 12.9. The van der Waals surface area contributed by atoms with Gasteiger partial charge in [0.15, 0.2) is 0 Å². The zero-order valence-electron chi connectivity index (χ0n) is 11.1. The van der Waals surface area contributed by atoms with Crippen molar-refractivity contribution in [1.29, 1.82) is 0 Å². The summed E-state index contributed by atoms with van der Waals surface area (Å²) in [7, 11) is 0. The van der Waals surface area contributed by atoms with Crippen LogP contribution < -0.4 is 5.32 Å². The lowest BCUT2D eigenvalue weighted by Crippen LogP contribution is -2.44. The maximum absolute atomic E-state index is 12.2. The topological polar surface area (TPSA) is 45.2 Å². The van der Waals surface area contributed by atoms with Crippen LogP contribution in [0.25, 0.3) is 0 Å². The molecule has 1 fully saturated rings. The van der Waals surface area contributed by atoms with Crippen LogP contribution >= 0.6 is 0 Å². The number of hydrogen-bond acceptors (Lipinski definition) is 3. The second-order valence-corrected chi connectivity index (χ2v) is 4.97. The number of likely N-dealkylation sites (tertiary alicyclic amines) is 1. The molecule has 1 aromatic rings. The third-order valence-corrected chi connectivity index (χ3v) is 3.31. The van der Waals surface area contributed by atoms with Crippen LogP contribution in [0.2, 0.25) is 0 Å². The molecule has 2 rings (SSSR count). The number of nitrogens with one attached hydrogen (secondary N) is 1. The molecule has 1 amide bonds. The van der Waals surface area contributed by atoms with Crippen molar-refractivity contribution in [3.8, 4) is 0 Å². The van der Waals surface area contributed by atoms with E-state index in [0.29, 0.717) is 0 Å². The molecule has 18 heavy (non-hydrogen) atoms.